The molecule has 1 aromatic heterocycles. The lowest BCUT2D eigenvalue weighted by Crippen LogP contribution is -2.28. The Hall–Kier alpha value is -2.60. The molecule has 0 saturated heterocycles. The smallest absolute Gasteiger partial charge is 0.230 e. The van der Waals surface area contributed by atoms with Crippen molar-refractivity contribution in [2.75, 3.05) is 5.75 Å². The quantitative estimate of drug-likeness (QED) is 0.661. The fraction of sp³-hybridized carbons (Fsp3) is 0.200. The summed E-state index contributed by atoms with van der Waals surface area (Å²) in [5.41, 5.74) is 2.18. The maximum atomic E-state index is 13.7. The minimum atomic E-state index is -0.374. The maximum Gasteiger partial charge on any atom is 0.230 e. The molecule has 1 atom stereocenters. The SMILES string of the molecule is C[C@@H](NC(=O)CSCc1coc(-c2ccccc2)n1)c1ccccc1F. The zero-order valence-corrected chi connectivity index (χ0v) is 15.1. The largest absolute Gasteiger partial charge is 0.444 e. The third kappa shape index (κ3) is 4.73. The predicted octanol–water partition coefficient (Wildman–Crippen LogP) is 4.59. The Kier molecular flexibility index (Phi) is 6.07. The summed E-state index contributed by atoms with van der Waals surface area (Å²) in [6.07, 6.45) is 1.61. The molecule has 0 radical (unpaired) electrons. The van der Waals surface area contributed by atoms with Crippen LogP contribution in [0.1, 0.15) is 24.2 Å². The standard InChI is InChI=1S/C20H19FN2O2S/c1-14(17-9-5-6-10-18(17)21)22-19(24)13-26-12-16-11-25-20(23-16)15-7-3-2-4-8-15/h2-11,14H,12-13H2,1H3,(H,22,24)/t14-/m1/s1. The molecule has 3 aromatic rings. The van der Waals surface area contributed by atoms with Gasteiger partial charge >= 0.3 is 0 Å². The number of rotatable bonds is 7. The third-order valence-corrected chi connectivity index (χ3v) is 4.77. The van der Waals surface area contributed by atoms with Gasteiger partial charge in [-0.2, -0.15) is 0 Å². The molecule has 0 spiro atoms. The van der Waals surface area contributed by atoms with Crippen LogP contribution in [0.3, 0.4) is 0 Å². The lowest BCUT2D eigenvalue weighted by atomic mass is 10.1. The number of benzene rings is 2. The number of hydrogen-bond donors (Lipinski definition) is 1. The van der Waals surface area contributed by atoms with Crippen molar-refractivity contribution in [3.63, 3.8) is 0 Å². The summed E-state index contributed by atoms with van der Waals surface area (Å²) in [4.78, 5) is 16.5. The molecule has 3 rings (SSSR count). The van der Waals surface area contributed by atoms with Crippen molar-refractivity contribution in [2.24, 2.45) is 0 Å². The summed E-state index contributed by atoms with van der Waals surface area (Å²) in [6, 6.07) is 15.7. The van der Waals surface area contributed by atoms with Crippen LogP contribution in [-0.2, 0) is 10.5 Å². The third-order valence-electron chi connectivity index (χ3n) is 3.80. The molecular formula is C20H19FN2O2S. The highest BCUT2D eigenvalue weighted by Crippen LogP contribution is 2.21. The van der Waals surface area contributed by atoms with Gasteiger partial charge in [0.1, 0.15) is 12.1 Å². The molecule has 134 valence electrons. The molecule has 0 unspecified atom stereocenters. The number of aromatic nitrogens is 1. The van der Waals surface area contributed by atoms with Gasteiger partial charge < -0.3 is 9.73 Å². The zero-order chi connectivity index (χ0) is 18.4. The number of nitrogens with zero attached hydrogens (tertiary/aromatic N) is 1. The molecule has 1 amide bonds. The number of nitrogens with one attached hydrogen (secondary N) is 1. The van der Waals surface area contributed by atoms with Gasteiger partial charge in [-0.05, 0) is 25.1 Å². The minimum Gasteiger partial charge on any atom is -0.444 e. The average Bonchev–Trinajstić information content (AvgIpc) is 3.11. The Morgan fingerprint density at radius 3 is 2.69 bits per heavy atom. The average molecular weight is 370 g/mol. The van der Waals surface area contributed by atoms with Crippen LogP contribution in [-0.4, -0.2) is 16.6 Å². The van der Waals surface area contributed by atoms with Gasteiger partial charge in [-0.1, -0.05) is 36.4 Å². The summed E-state index contributed by atoms with van der Waals surface area (Å²) >= 11 is 1.44. The van der Waals surface area contributed by atoms with E-state index in [4.69, 9.17) is 4.42 Å². The fourth-order valence-corrected chi connectivity index (χ4v) is 3.23. The van der Waals surface area contributed by atoms with Crippen molar-refractivity contribution >= 4 is 17.7 Å². The van der Waals surface area contributed by atoms with Gasteiger partial charge in [-0.15, -0.1) is 11.8 Å². The maximum absolute atomic E-state index is 13.7. The monoisotopic (exact) mass is 370 g/mol. The number of hydrogen-bond acceptors (Lipinski definition) is 4. The van der Waals surface area contributed by atoms with Crippen molar-refractivity contribution in [1.82, 2.24) is 10.3 Å². The molecule has 0 aliphatic carbocycles. The molecule has 0 saturated carbocycles. The minimum absolute atomic E-state index is 0.141. The Balaban J connectivity index is 1.47. The second-order valence-electron chi connectivity index (χ2n) is 5.81. The lowest BCUT2D eigenvalue weighted by Gasteiger charge is -2.14. The molecular weight excluding hydrogens is 351 g/mol. The van der Waals surface area contributed by atoms with Gasteiger partial charge in [0.05, 0.1) is 17.5 Å². The highest BCUT2D eigenvalue weighted by molar-refractivity contribution is 7.99. The van der Waals surface area contributed by atoms with Gasteiger partial charge in [-0.3, -0.25) is 4.79 Å². The summed E-state index contributed by atoms with van der Waals surface area (Å²) in [5, 5.41) is 2.81. The van der Waals surface area contributed by atoms with Gasteiger partial charge in [0.2, 0.25) is 11.8 Å². The molecule has 0 fully saturated rings. The number of oxazole rings is 1. The van der Waals surface area contributed by atoms with Crippen LogP contribution in [0.25, 0.3) is 11.5 Å². The van der Waals surface area contributed by atoms with Crippen molar-refractivity contribution in [1.29, 1.82) is 0 Å². The van der Waals surface area contributed by atoms with E-state index in [1.165, 1.54) is 17.8 Å². The molecule has 0 aliphatic heterocycles. The van der Waals surface area contributed by atoms with E-state index in [1.54, 1.807) is 31.4 Å². The van der Waals surface area contributed by atoms with E-state index in [9.17, 15) is 9.18 Å². The molecule has 4 nitrogen and oxygen atoms in total. The first-order chi connectivity index (χ1) is 12.6. The van der Waals surface area contributed by atoms with Crippen LogP contribution >= 0.6 is 11.8 Å². The van der Waals surface area contributed by atoms with Gasteiger partial charge in [-0.25, -0.2) is 9.37 Å². The Morgan fingerprint density at radius 2 is 1.92 bits per heavy atom. The lowest BCUT2D eigenvalue weighted by molar-refractivity contribution is -0.119. The highest BCUT2D eigenvalue weighted by atomic mass is 32.2. The molecule has 1 heterocycles. The van der Waals surface area contributed by atoms with Crippen LogP contribution < -0.4 is 5.32 Å². The molecule has 6 heteroatoms. The second-order valence-corrected chi connectivity index (χ2v) is 6.80. The van der Waals surface area contributed by atoms with Crippen LogP contribution in [0.2, 0.25) is 0 Å². The van der Waals surface area contributed by atoms with E-state index in [2.05, 4.69) is 10.3 Å². The Labute approximate surface area is 155 Å². The van der Waals surface area contributed by atoms with Crippen molar-refractivity contribution in [3.05, 3.63) is 77.9 Å². The predicted molar refractivity (Wildman–Crippen MR) is 101 cm³/mol. The summed E-state index contributed by atoms with van der Waals surface area (Å²) in [6.45, 7) is 1.77. The number of halogens is 1. The first-order valence-corrected chi connectivity index (χ1v) is 9.40. The first kappa shape index (κ1) is 18.2. The highest BCUT2D eigenvalue weighted by Gasteiger charge is 2.13. The fourth-order valence-electron chi connectivity index (χ4n) is 2.52. The van der Waals surface area contributed by atoms with Crippen LogP contribution in [0, 0.1) is 5.82 Å². The number of thioether (sulfide) groups is 1. The van der Waals surface area contributed by atoms with Gasteiger partial charge in [0.15, 0.2) is 0 Å². The molecule has 26 heavy (non-hydrogen) atoms. The molecule has 1 N–H and O–H groups in total. The van der Waals surface area contributed by atoms with Crippen molar-refractivity contribution < 1.29 is 13.6 Å². The zero-order valence-electron chi connectivity index (χ0n) is 14.3. The van der Waals surface area contributed by atoms with E-state index in [0.29, 0.717) is 17.2 Å². The van der Waals surface area contributed by atoms with E-state index in [1.807, 2.05) is 30.3 Å². The summed E-state index contributed by atoms with van der Waals surface area (Å²) < 4.78 is 19.2. The van der Waals surface area contributed by atoms with E-state index >= 15 is 0 Å². The molecule has 0 aliphatic rings. The molecule has 0 bridgehead atoms. The van der Waals surface area contributed by atoms with Gasteiger partial charge in [0.25, 0.3) is 0 Å². The Morgan fingerprint density at radius 1 is 1.19 bits per heavy atom. The van der Waals surface area contributed by atoms with Crippen LogP contribution in [0.15, 0.2) is 65.3 Å². The second kappa shape index (κ2) is 8.67. The number of carbonyl (C=O) groups excluding carboxylic acids is 1. The van der Waals surface area contributed by atoms with Crippen molar-refractivity contribution in [3.8, 4) is 11.5 Å². The normalized spacial score (nSPS) is 11.9. The van der Waals surface area contributed by atoms with E-state index in [-0.39, 0.29) is 23.5 Å². The van der Waals surface area contributed by atoms with Crippen molar-refractivity contribution in [2.45, 2.75) is 18.7 Å². The van der Waals surface area contributed by atoms with Crippen LogP contribution in [0.4, 0.5) is 4.39 Å². The number of amides is 1. The first-order valence-electron chi connectivity index (χ1n) is 8.25. The van der Waals surface area contributed by atoms with Crippen LogP contribution in [0.5, 0.6) is 0 Å². The summed E-state index contributed by atoms with van der Waals surface area (Å²) in [7, 11) is 0. The topological polar surface area (TPSA) is 55.1 Å². The molecule has 2 aromatic carbocycles. The van der Waals surface area contributed by atoms with E-state index in [0.717, 1.165) is 11.3 Å². The van der Waals surface area contributed by atoms with E-state index < -0.39 is 0 Å². The van der Waals surface area contributed by atoms with Gasteiger partial charge in [0, 0.05) is 16.9 Å². The summed E-state index contributed by atoms with van der Waals surface area (Å²) in [5.74, 6) is 0.949. The number of carbonyl (C=O) groups is 1. The Bertz CT molecular complexity index is 867.